The minimum absolute atomic E-state index is 0. The Morgan fingerprint density at radius 1 is 1.33 bits per heavy atom. The summed E-state index contributed by atoms with van der Waals surface area (Å²) in [7, 11) is 0. The number of rotatable bonds is 3. The van der Waals surface area contributed by atoms with Gasteiger partial charge in [-0.25, -0.2) is 0 Å². The van der Waals surface area contributed by atoms with Crippen LogP contribution in [-0.2, 0) is 4.74 Å². The minimum Gasteiger partial charge on any atom is -0.491 e. The van der Waals surface area contributed by atoms with Gasteiger partial charge in [0.05, 0.1) is 6.61 Å². The van der Waals surface area contributed by atoms with Gasteiger partial charge in [0, 0.05) is 0 Å². The second-order valence-electron chi connectivity index (χ2n) is 2.58. The first-order valence-electron chi connectivity index (χ1n) is 3.74. The van der Waals surface area contributed by atoms with E-state index in [9.17, 15) is 0 Å². The molecule has 1 aromatic carbocycles. The summed E-state index contributed by atoms with van der Waals surface area (Å²) in [5.74, 6) is 0.919. The Labute approximate surface area is 82.3 Å². The molecule has 66 valence electrons. The first-order chi connectivity index (χ1) is 5.45. The van der Waals surface area contributed by atoms with Gasteiger partial charge in [0.1, 0.15) is 18.5 Å². The monoisotopic (exact) mass is 230 g/mol. The van der Waals surface area contributed by atoms with Crippen LogP contribution in [0.3, 0.4) is 0 Å². The van der Waals surface area contributed by atoms with E-state index in [-0.39, 0.29) is 17.0 Å². The Kier molecular flexibility index (Phi) is 3.56. The molecular formula is C9H11BrO2. The third-order valence-corrected chi connectivity index (χ3v) is 1.58. The highest BCUT2D eigenvalue weighted by molar-refractivity contribution is 8.93. The molecular weight excluding hydrogens is 220 g/mol. The summed E-state index contributed by atoms with van der Waals surface area (Å²) in [5, 5.41) is 0. The fraction of sp³-hybridized carbons (Fsp3) is 0.333. The second-order valence-corrected chi connectivity index (χ2v) is 2.58. The Hall–Kier alpha value is -0.540. The van der Waals surface area contributed by atoms with Gasteiger partial charge in [-0.15, -0.1) is 17.0 Å². The maximum absolute atomic E-state index is 5.40. The molecule has 2 rings (SSSR count). The van der Waals surface area contributed by atoms with Gasteiger partial charge >= 0.3 is 0 Å². The molecule has 0 aliphatic carbocycles. The van der Waals surface area contributed by atoms with Gasteiger partial charge in [-0.3, -0.25) is 0 Å². The van der Waals surface area contributed by atoms with E-state index in [1.807, 2.05) is 30.3 Å². The van der Waals surface area contributed by atoms with Gasteiger partial charge in [-0.05, 0) is 12.1 Å². The molecule has 1 unspecified atom stereocenters. The van der Waals surface area contributed by atoms with Crippen LogP contribution in [0.25, 0.3) is 0 Å². The maximum Gasteiger partial charge on any atom is 0.119 e. The summed E-state index contributed by atoms with van der Waals surface area (Å²) in [6, 6.07) is 9.79. The molecule has 0 aromatic heterocycles. The zero-order valence-electron chi connectivity index (χ0n) is 6.60. The van der Waals surface area contributed by atoms with Crippen LogP contribution in [0.15, 0.2) is 30.3 Å². The number of para-hydroxylation sites is 1. The average molecular weight is 231 g/mol. The van der Waals surface area contributed by atoms with Crippen LogP contribution in [0.1, 0.15) is 0 Å². The number of epoxide rings is 1. The first kappa shape index (κ1) is 9.55. The second kappa shape index (κ2) is 4.48. The van der Waals surface area contributed by atoms with E-state index in [1.54, 1.807) is 0 Å². The van der Waals surface area contributed by atoms with Crippen LogP contribution in [0.5, 0.6) is 5.75 Å². The lowest BCUT2D eigenvalue weighted by molar-refractivity contribution is 0.263. The Bertz CT molecular complexity index is 221. The van der Waals surface area contributed by atoms with E-state index in [0.717, 1.165) is 12.4 Å². The van der Waals surface area contributed by atoms with Gasteiger partial charge in [0.25, 0.3) is 0 Å². The molecule has 0 spiro atoms. The minimum atomic E-state index is 0. The highest BCUT2D eigenvalue weighted by Crippen LogP contribution is 2.13. The lowest BCUT2D eigenvalue weighted by Gasteiger charge is -2.01. The van der Waals surface area contributed by atoms with Crippen LogP contribution < -0.4 is 4.74 Å². The molecule has 0 radical (unpaired) electrons. The summed E-state index contributed by atoms with van der Waals surface area (Å²) in [5.41, 5.74) is 0. The molecule has 0 amide bonds. The van der Waals surface area contributed by atoms with Crippen molar-refractivity contribution >= 4 is 17.0 Å². The highest BCUT2D eigenvalue weighted by atomic mass is 79.9. The summed E-state index contributed by atoms with van der Waals surface area (Å²) in [6.45, 7) is 1.54. The van der Waals surface area contributed by atoms with Crippen molar-refractivity contribution in [2.24, 2.45) is 0 Å². The summed E-state index contributed by atoms with van der Waals surface area (Å²) < 4.78 is 10.4. The average Bonchev–Trinajstić information content (AvgIpc) is 2.86. The van der Waals surface area contributed by atoms with Crippen molar-refractivity contribution in [1.82, 2.24) is 0 Å². The third-order valence-electron chi connectivity index (χ3n) is 1.58. The van der Waals surface area contributed by atoms with E-state index >= 15 is 0 Å². The van der Waals surface area contributed by atoms with Crippen LogP contribution in [0, 0.1) is 0 Å². The quantitative estimate of drug-likeness (QED) is 0.742. The molecule has 2 nitrogen and oxygen atoms in total. The molecule has 0 bridgehead atoms. The Morgan fingerprint density at radius 2 is 2.00 bits per heavy atom. The van der Waals surface area contributed by atoms with Crippen LogP contribution >= 0.6 is 17.0 Å². The van der Waals surface area contributed by atoms with Gasteiger partial charge in [-0.1, -0.05) is 18.2 Å². The maximum atomic E-state index is 5.40. The molecule has 1 fully saturated rings. The van der Waals surface area contributed by atoms with Crippen molar-refractivity contribution in [1.29, 1.82) is 0 Å². The fourth-order valence-corrected chi connectivity index (χ4v) is 0.870. The van der Waals surface area contributed by atoms with Crippen LogP contribution in [0.2, 0.25) is 0 Å². The van der Waals surface area contributed by atoms with Crippen molar-refractivity contribution in [3.05, 3.63) is 30.3 Å². The van der Waals surface area contributed by atoms with Gasteiger partial charge in [-0.2, -0.15) is 0 Å². The lowest BCUT2D eigenvalue weighted by Crippen LogP contribution is -2.03. The highest BCUT2D eigenvalue weighted by Gasteiger charge is 2.22. The van der Waals surface area contributed by atoms with Crippen molar-refractivity contribution < 1.29 is 9.47 Å². The van der Waals surface area contributed by atoms with E-state index in [2.05, 4.69) is 0 Å². The fourth-order valence-electron chi connectivity index (χ4n) is 0.870. The summed E-state index contributed by atoms with van der Waals surface area (Å²) >= 11 is 0. The molecule has 0 N–H and O–H groups in total. The molecule has 1 atom stereocenters. The van der Waals surface area contributed by atoms with E-state index < -0.39 is 0 Å². The molecule has 1 saturated heterocycles. The van der Waals surface area contributed by atoms with Crippen molar-refractivity contribution in [3.63, 3.8) is 0 Å². The molecule has 12 heavy (non-hydrogen) atoms. The molecule has 1 aromatic rings. The number of hydrogen-bond acceptors (Lipinski definition) is 2. The van der Waals surface area contributed by atoms with Gasteiger partial charge in [0.15, 0.2) is 0 Å². The standard InChI is InChI=1S/C9H10O2.BrH/c1-2-4-8(5-3-1)10-6-9-7-11-9;/h1-5,9H,6-7H2;1H. The SMILES string of the molecule is Br.c1ccc(OCC2CO2)cc1. The Balaban J connectivity index is 0.000000720. The molecule has 1 aliphatic rings. The first-order valence-corrected chi connectivity index (χ1v) is 3.74. The van der Waals surface area contributed by atoms with Gasteiger partial charge in [0.2, 0.25) is 0 Å². The number of halogens is 1. The number of hydrogen-bond donors (Lipinski definition) is 0. The zero-order chi connectivity index (χ0) is 7.52. The van der Waals surface area contributed by atoms with E-state index in [0.29, 0.717) is 12.7 Å². The van der Waals surface area contributed by atoms with E-state index in [4.69, 9.17) is 9.47 Å². The predicted octanol–water partition coefficient (Wildman–Crippen LogP) is 2.04. The normalized spacial score (nSPS) is 19.5. The molecule has 3 heteroatoms. The van der Waals surface area contributed by atoms with Gasteiger partial charge < -0.3 is 9.47 Å². The van der Waals surface area contributed by atoms with Crippen LogP contribution in [0.4, 0.5) is 0 Å². The molecule has 1 heterocycles. The molecule has 0 saturated carbocycles. The van der Waals surface area contributed by atoms with Crippen molar-refractivity contribution in [2.75, 3.05) is 13.2 Å². The number of ether oxygens (including phenoxy) is 2. The van der Waals surface area contributed by atoms with E-state index in [1.165, 1.54) is 0 Å². The van der Waals surface area contributed by atoms with Crippen molar-refractivity contribution in [2.45, 2.75) is 6.10 Å². The number of benzene rings is 1. The van der Waals surface area contributed by atoms with Crippen molar-refractivity contribution in [3.8, 4) is 5.75 Å². The summed E-state index contributed by atoms with van der Waals surface area (Å²) in [4.78, 5) is 0. The zero-order valence-corrected chi connectivity index (χ0v) is 8.32. The largest absolute Gasteiger partial charge is 0.491 e. The Morgan fingerprint density at radius 3 is 2.58 bits per heavy atom. The third kappa shape index (κ3) is 2.83. The molecule has 1 aliphatic heterocycles. The smallest absolute Gasteiger partial charge is 0.119 e. The predicted molar refractivity (Wildman–Crippen MR) is 52.0 cm³/mol. The topological polar surface area (TPSA) is 21.8 Å². The summed E-state index contributed by atoms with van der Waals surface area (Å²) in [6.07, 6.45) is 0.343. The lowest BCUT2D eigenvalue weighted by atomic mass is 10.3. The van der Waals surface area contributed by atoms with Crippen LogP contribution in [-0.4, -0.2) is 19.3 Å².